The summed E-state index contributed by atoms with van der Waals surface area (Å²) in [6, 6.07) is 17.6. The molecule has 0 aromatic heterocycles. The lowest BCUT2D eigenvalue weighted by atomic mass is 10.1. The van der Waals surface area contributed by atoms with E-state index in [1.807, 2.05) is 11.8 Å². The number of nitrogens with one attached hydrogen (secondary N) is 1. The Morgan fingerprint density at radius 2 is 1.90 bits per heavy atom. The Labute approximate surface area is 140 Å². The quantitative estimate of drug-likeness (QED) is 0.623. The highest BCUT2D eigenvalue weighted by Crippen LogP contribution is 2.32. The first-order valence-electron chi connectivity index (χ1n) is 7.40. The van der Waals surface area contributed by atoms with E-state index in [4.69, 9.17) is 0 Å². The van der Waals surface area contributed by atoms with E-state index in [2.05, 4.69) is 83.6 Å². The number of rotatable bonds is 7. The van der Waals surface area contributed by atoms with E-state index < -0.39 is 0 Å². The van der Waals surface area contributed by atoms with Crippen molar-refractivity contribution in [1.82, 2.24) is 5.32 Å². The van der Waals surface area contributed by atoms with Crippen LogP contribution in [0.1, 0.15) is 37.4 Å². The van der Waals surface area contributed by atoms with Crippen LogP contribution in [0.5, 0.6) is 0 Å². The Morgan fingerprint density at radius 3 is 2.62 bits per heavy atom. The third-order valence-electron chi connectivity index (χ3n) is 3.38. The van der Waals surface area contributed by atoms with Crippen LogP contribution in [-0.4, -0.2) is 6.54 Å². The van der Waals surface area contributed by atoms with Crippen LogP contribution < -0.4 is 5.32 Å². The van der Waals surface area contributed by atoms with E-state index in [0.29, 0.717) is 6.04 Å². The molecule has 0 aliphatic carbocycles. The van der Waals surface area contributed by atoms with Crippen LogP contribution in [0.25, 0.3) is 0 Å². The fourth-order valence-corrected chi connectivity index (χ4v) is 3.66. The van der Waals surface area contributed by atoms with Crippen molar-refractivity contribution in [3.8, 4) is 0 Å². The molecule has 0 bridgehead atoms. The molecule has 1 N–H and O–H groups in total. The predicted octanol–water partition coefficient (Wildman–Crippen LogP) is 5.80. The SMILES string of the molecule is CCCNC(C)c1cc(Br)ccc1SCc1ccccc1. The molecule has 2 aromatic carbocycles. The summed E-state index contributed by atoms with van der Waals surface area (Å²) in [7, 11) is 0. The average molecular weight is 364 g/mol. The van der Waals surface area contributed by atoms with Gasteiger partial charge in [-0.2, -0.15) is 0 Å². The van der Waals surface area contributed by atoms with Crippen LogP contribution in [0.4, 0.5) is 0 Å². The molecular weight excluding hydrogens is 342 g/mol. The number of hydrogen-bond acceptors (Lipinski definition) is 2. The Hall–Kier alpha value is -0.770. The van der Waals surface area contributed by atoms with Crippen molar-refractivity contribution in [2.75, 3.05) is 6.54 Å². The van der Waals surface area contributed by atoms with Gasteiger partial charge in [-0.05, 0) is 49.2 Å². The molecule has 1 atom stereocenters. The summed E-state index contributed by atoms with van der Waals surface area (Å²) in [6.45, 7) is 5.49. The molecule has 0 saturated carbocycles. The minimum Gasteiger partial charge on any atom is -0.310 e. The van der Waals surface area contributed by atoms with Gasteiger partial charge in [-0.3, -0.25) is 0 Å². The number of thioether (sulfide) groups is 1. The molecule has 3 heteroatoms. The molecule has 0 aliphatic heterocycles. The van der Waals surface area contributed by atoms with Gasteiger partial charge in [-0.25, -0.2) is 0 Å². The summed E-state index contributed by atoms with van der Waals surface area (Å²) < 4.78 is 1.15. The molecule has 1 nitrogen and oxygen atoms in total. The third kappa shape index (κ3) is 5.17. The van der Waals surface area contributed by atoms with Crippen LogP contribution >= 0.6 is 27.7 Å². The van der Waals surface area contributed by atoms with Crippen molar-refractivity contribution in [2.45, 2.75) is 37.0 Å². The zero-order valence-electron chi connectivity index (χ0n) is 12.6. The summed E-state index contributed by atoms with van der Waals surface area (Å²) in [5, 5.41) is 3.58. The van der Waals surface area contributed by atoms with Gasteiger partial charge in [-0.15, -0.1) is 11.8 Å². The fourth-order valence-electron chi connectivity index (χ4n) is 2.20. The molecular formula is C18H22BrNS. The third-order valence-corrected chi connectivity index (χ3v) is 5.03. The Kier molecular flexibility index (Phi) is 6.81. The van der Waals surface area contributed by atoms with Gasteiger partial charge in [0.1, 0.15) is 0 Å². The number of hydrogen-bond donors (Lipinski definition) is 1. The van der Waals surface area contributed by atoms with Crippen molar-refractivity contribution in [1.29, 1.82) is 0 Å². The van der Waals surface area contributed by atoms with Crippen molar-refractivity contribution in [2.24, 2.45) is 0 Å². The topological polar surface area (TPSA) is 12.0 Å². The Morgan fingerprint density at radius 1 is 1.14 bits per heavy atom. The summed E-state index contributed by atoms with van der Waals surface area (Å²) in [5.74, 6) is 1.01. The van der Waals surface area contributed by atoms with E-state index in [0.717, 1.165) is 23.2 Å². The molecule has 0 radical (unpaired) electrons. The standard InChI is InChI=1S/C18H22BrNS/c1-3-11-20-14(2)17-12-16(19)9-10-18(17)21-13-15-7-5-4-6-8-15/h4-10,12,14,20H,3,11,13H2,1-2H3. The number of benzene rings is 2. The summed E-state index contributed by atoms with van der Waals surface area (Å²) in [4.78, 5) is 1.36. The smallest absolute Gasteiger partial charge is 0.0303 e. The second-order valence-electron chi connectivity index (χ2n) is 5.13. The summed E-state index contributed by atoms with van der Waals surface area (Å²) in [5.41, 5.74) is 2.74. The van der Waals surface area contributed by atoms with Gasteiger partial charge >= 0.3 is 0 Å². The Balaban J connectivity index is 2.11. The highest BCUT2D eigenvalue weighted by atomic mass is 79.9. The van der Waals surface area contributed by atoms with Crippen molar-refractivity contribution in [3.05, 3.63) is 64.1 Å². The lowest BCUT2D eigenvalue weighted by molar-refractivity contribution is 0.563. The van der Waals surface area contributed by atoms with E-state index in [1.165, 1.54) is 16.0 Å². The minimum atomic E-state index is 0.376. The van der Waals surface area contributed by atoms with Gasteiger partial charge in [0, 0.05) is 21.2 Å². The Bertz CT molecular complexity index is 556. The normalized spacial score (nSPS) is 12.3. The second kappa shape index (κ2) is 8.62. The maximum atomic E-state index is 3.59. The second-order valence-corrected chi connectivity index (χ2v) is 7.07. The maximum absolute atomic E-state index is 3.59. The highest BCUT2D eigenvalue weighted by molar-refractivity contribution is 9.10. The van der Waals surface area contributed by atoms with Gasteiger partial charge < -0.3 is 5.32 Å². The molecule has 1 unspecified atom stereocenters. The summed E-state index contributed by atoms with van der Waals surface area (Å²) in [6.07, 6.45) is 1.16. The predicted molar refractivity (Wildman–Crippen MR) is 96.9 cm³/mol. The van der Waals surface area contributed by atoms with Crippen molar-refractivity contribution < 1.29 is 0 Å². The van der Waals surface area contributed by atoms with Gasteiger partial charge in [0.05, 0.1) is 0 Å². The van der Waals surface area contributed by atoms with Crippen molar-refractivity contribution in [3.63, 3.8) is 0 Å². The zero-order valence-corrected chi connectivity index (χ0v) is 15.0. The van der Waals surface area contributed by atoms with Crippen molar-refractivity contribution >= 4 is 27.7 Å². The molecule has 0 heterocycles. The van der Waals surface area contributed by atoms with Gasteiger partial charge in [0.15, 0.2) is 0 Å². The largest absolute Gasteiger partial charge is 0.310 e. The molecule has 2 aromatic rings. The maximum Gasteiger partial charge on any atom is 0.0303 e. The van der Waals surface area contributed by atoms with Crippen LogP contribution in [0, 0.1) is 0 Å². The van der Waals surface area contributed by atoms with Gasteiger partial charge in [-0.1, -0.05) is 53.2 Å². The van der Waals surface area contributed by atoms with E-state index >= 15 is 0 Å². The molecule has 21 heavy (non-hydrogen) atoms. The molecule has 0 amide bonds. The first-order valence-corrected chi connectivity index (χ1v) is 9.18. The van der Waals surface area contributed by atoms with E-state index in [1.54, 1.807) is 0 Å². The lowest BCUT2D eigenvalue weighted by Gasteiger charge is -2.18. The molecule has 0 saturated heterocycles. The monoisotopic (exact) mass is 363 g/mol. The van der Waals surface area contributed by atoms with Crippen LogP contribution in [0.15, 0.2) is 57.9 Å². The van der Waals surface area contributed by atoms with Gasteiger partial charge in [0.25, 0.3) is 0 Å². The van der Waals surface area contributed by atoms with E-state index in [9.17, 15) is 0 Å². The minimum absolute atomic E-state index is 0.376. The van der Waals surface area contributed by atoms with Crippen LogP contribution in [-0.2, 0) is 5.75 Å². The molecule has 0 aliphatic rings. The first-order chi connectivity index (χ1) is 10.2. The average Bonchev–Trinajstić information content (AvgIpc) is 2.52. The molecule has 0 fully saturated rings. The summed E-state index contributed by atoms with van der Waals surface area (Å²) >= 11 is 5.50. The first kappa shape index (κ1) is 16.6. The molecule has 112 valence electrons. The lowest BCUT2D eigenvalue weighted by Crippen LogP contribution is -2.19. The van der Waals surface area contributed by atoms with Crippen LogP contribution in [0.3, 0.4) is 0 Å². The van der Waals surface area contributed by atoms with E-state index in [-0.39, 0.29) is 0 Å². The number of halogens is 1. The zero-order chi connectivity index (χ0) is 15.1. The molecule has 2 rings (SSSR count). The highest BCUT2D eigenvalue weighted by Gasteiger charge is 2.11. The fraction of sp³-hybridized carbons (Fsp3) is 0.333. The van der Waals surface area contributed by atoms with Crippen LogP contribution in [0.2, 0.25) is 0 Å². The van der Waals surface area contributed by atoms with Gasteiger partial charge in [0.2, 0.25) is 0 Å². The molecule has 0 spiro atoms.